The van der Waals surface area contributed by atoms with Crippen LogP contribution in [0.25, 0.3) is 106 Å². The third-order valence-corrected chi connectivity index (χ3v) is 20.7. The molecule has 4 aromatic heterocycles. The van der Waals surface area contributed by atoms with Crippen molar-refractivity contribution >= 4 is 130 Å². The fourth-order valence-electron chi connectivity index (χ4n) is 13.8. The topological polar surface area (TPSA) is 28.3 Å². The summed E-state index contributed by atoms with van der Waals surface area (Å²) in [6.07, 6.45) is 0. The van der Waals surface area contributed by atoms with Crippen molar-refractivity contribution in [1.29, 1.82) is 0 Å². The highest BCUT2D eigenvalue weighted by Crippen LogP contribution is 2.51. The van der Waals surface area contributed by atoms with Crippen LogP contribution in [-0.4, -0.2) is 15.8 Å². The number of rotatable bonds is 3. The van der Waals surface area contributed by atoms with E-state index in [9.17, 15) is 0 Å². The molecule has 10 aromatic carbocycles. The molecule has 0 fully saturated rings. The van der Waals surface area contributed by atoms with Gasteiger partial charge in [-0.15, -0.1) is 22.7 Å². The SMILES string of the molecule is CC(C)(C)c1ccc2c(c1)c1cc(C(C)(C)C)ccc1n2-c1cc2c(c3sc4ccccc4c13)B1c3c(cc(-c4ccccc4)cc3Oc3cc(-n4c5ccc(C(C)(C)C)cc5c5cc(C(C)(C)C)ccc54)c4c(sc5ccccc54)c31)O2. The highest BCUT2D eigenvalue weighted by atomic mass is 32.1. The summed E-state index contributed by atoms with van der Waals surface area (Å²) in [6.45, 7) is 27.6. The van der Waals surface area contributed by atoms with Crippen molar-refractivity contribution in [2.24, 2.45) is 0 Å². The number of nitrogens with zero attached hydrogens (tertiary/aromatic N) is 2. The van der Waals surface area contributed by atoms with E-state index >= 15 is 0 Å². The van der Waals surface area contributed by atoms with E-state index in [2.05, 4.69) is 268 Å². The molecule has 2 aliphatic rings. The zero-order valence-electron chi connectivity index (χ0n) is 49.3. The van der Waals surface area contributed by atoms with Crippen LogP contribution in [0.3, 0.4) is 0 Å². The molecule has 0 atom stereocenters. The molecule has 7 heteroatoms. The minimum absolute atomic E-state index is 0.0258. The zero-order valence-corrected chi connectivity index (χ0v) is 51.0. The highest BCUT2D eigenvalue weighted by Gasteiger charge is 2.45. The lowest BCUT2D eigenvalue weighted by Crippen LogP contribution is -2.57. The van der Waals surface area contributed by atoms with Crippen molar-refractivity contribution in [3.05, 3.63) is 198 Å². The van der Waals surface area contributed by atoms with Gasteiger partial charge in [-0.25, -0.2) is 0 Å². The van der Waals surface area contributed by atoms with Crippen molar-refractivity contribution in [2.75, 3.05) is 0 Å². The van der Waals surface area contributed by atoms with Gasteiger partial charge in [0.25, 0.3) is 6.71 Å². The maximum atomic E-state index is 7.63. The summed E-state index contributed by atoms with van der Waals surface area (Å²) in [6, 6.07) is 66.8. The zero-order chi connectivity index (χ0) is 57.0. The second-order valence-corrected chi connectivity index (χ2v) is 29.8. The fourth-order valence-corrected chi connectivity index (χ4v) is 16.4. The number of ether oxygens (including phenoxy) is 2. The molecule has 16 rings (SSSR count). The van der Waals surface area contributed by atoms with Gasteiger partial charge in [0, 0.05) is 79.5 Å². The molecule has 0 bridgehead atoms. The summed E-state index contributed by atoms with van der Waals surface area (Å²) in [5.74, 6) is 3.40. The molecule has 0 saturated carbocycles. The first-order valence-electron chi connectivity index (χ1n) is 29.4. The molecular weight excluding hydrogens is 1050 g/mol. The van der Waals surface area contributed by atoms with Crippen LogP contribution in [0.5, 0.6) is 23.0 Å². The monoisotopic (exact) mass is 1110 g/mol. The Morgan fingerprint density at radius 1 is 0.325 bits per heavy atom. The molecule has 0 unspecified atom stereocenters. The molecule has 0 amide bonds. The molecular formula is C76H65BN2O2S2. The normalized spacial score (nSPS) is 13.7. The second-order valence-electron chi connectivity index (χ2n) is 27.7. The Morgan fingerprint density at radius 2 is 0.663 bits per heavy atom. The fraction of sp³-hybridized carbons (Fsp3) is 0.211. The van der Waals surface area contributed by atoms with E-state index in [0.717, 1.165) is 51.0 Å². The lowest BCUT2D eigenvalue weighted by Gasteiger charge is -2.35. The quantitative estimate of drug-likeness (QED) is 0.165. The summed E-state index contributed by atoms with van der Waals surface area (Å²) in [5.41, 5.74) is 17.8. The van der Waals surface area contributed by atoms with E-state index in [1.807, 2.05) is 22.7 Å². The molecule has 4 nitrogen and oxygen atoms in total. The number of aromatic nitrogens is 2. The van der Waals surface area contributed by atoms with E-state index in [4.69, 9.17) is 9.47 Å². The van der Waals surface area contributed by atoms with Crippen molar-refractivity contribution in [1.82, 2.24) is 9.13 Å². The Labute approximate surface area is 493 Å². The first-order chi connectivity index (χ1) is 39.7. The Kier molecular flexibility index (Phi) is 10.5. The van der Waals surface area contributed by atoms with Crippen LogP contribution in [0.15, 0.2) is 176 Å². The van der Waals surface area contributed by atoms with Crippen molar-refractivity contribution < 1.29 is 9.47 Å². The van der Waals surface area contributed by atoms with E-state index in [1.165, 1.54) is 117 Å². The number of hydrogen-bond acceptors (Lipinski definition) is 4. The minimum atomic E-state index is -0.227. The van der Waals surface area contributed by atoms with Gasteiger partial charge in [-0.05, 0) is 139 Å². The lowest BCUT2D eigenvalue weighted by molar-refractivity contribution is 0.465. The number of hydrogen-bond donors (Lipinski definition) is 0. The summed E-state index contributed by atoms with van der Waals surface area (Å²) in [5, 5.41) is 10.0. The van der Waals surface area contributed by atoms with E-state index in [0.29, 0.717) is 0 Å². The van der Waals surface area contributed by atoms with Crippen LogP contribution in [0.2, 0.25) is 0 Å². The Bertz CT molecular complexity index is 4700. The average Bonchev–Trinajstić information content (AvgIpc) is 1.98. The first kappa shape index (κ1) is 50.6. The first-order valence-corrected chi connectivity index (χ1v) is 31.1. The molecule has 14 aromatic rings. The van der Waals surface area contributed by atoms with Crippen LogP contribution < -0.4 is 25.9 Å². The van der Waals surface area contributed by atoms with Crippen LogP contribution >= 0.6 is 22.7 Å². The predicted molar refractivity (Wildman–Crippen MR) is 359 cm³/mol. The summed E-state index contributed by atoms with van der Waals surface area (Å²) in [7, 11) is 0. The maximum absolute atomic E-state index is 7.63. The predicted octanol–water partition coefficient (Wildman–Crippen LogP) is 20.2. The summed E-state index contributed by atoms with van der Waals surface area (Å²) in [4.78, 5) is 0. The highest BCUT2D eigenvalue weighted by molar-refractivity contribution is 7.30. The largest absolute Gasteiger partial charge is 0.458 e. The van der Waals surface area contributed by atoms with Gasteiger partial charge in [0.1, 0.15) is 23.0 Å². The molecule has 0 saturated heterocycles. The van der Waals surface area contributed by atoms with Gasteiger partial charge >= 0.3 is 0 Å². The van der Waals surface area contributed by atoms with Crippen molar-refractivity contribution in [3.63, 3.8) is 0 Å². The van der Waals surface area contributed by atoms with Gasteiger partial charge in [0.2, 0.25) is 0 Å². The summed E-state index contributed by atoms with van der Waals surface area (Å²) < 4.78 is 25.3. The Hall–Kier alpha value is -8.10. The second kappa shape index (κ2) is 17.2. The van der Waals surface area contributed by atoms with Crippen LogP contribution in [0.4, 0.5) is 0 Å². The van der Waals surface area contributed by atoms with Gasteiger partial charge in [-0.2, -0.15) is 0 Å². The maximum Gasteiger partial charge on any atom is 0.264 e. The molecule has 2 aliphatic heterocycles. The van der Waals surface area contributed by atoms with Gasteiger partial charge < -0.3 is 18.6 Å². The number of thiophene rings is 2. The molecule has 0 N–H and O–H groups in total. The number of fused-ring (bicyclic) bond motifs is 18. The van der Waals surface area contributed by atoms with Crippen molar-refractivity contribution in [3.8, 4) is 45.5 Å². The van der Waals surface area contributed by atoms with E-state index in [1.54, 1.807) is 0 Å². The molecule has 406 valence electrons. The molecule has 6 heterocycles. The Balaban J connectivity index is 1.03. The van der Waals surface area contributed by atoms with Crippen LogP contribution in [0, 0.1) is 0 Å². The molecule has 83 heavy (non-hydrogen) atoms. The van der Waals surface area contributed by atoms with Crippen LogP contribution in [0.1, 0.15) is 105 Å². The van der Waals surface area contributed by atoms with Crippen molar-refractivity contribution in [2.45, 2.75) is 105 Å². The number of benzene rings is 10. The van der Waals surface area contributed by atoms with Gasteiger partial charge in [0.15, 0.2) is 0 Å². The standard InChI is InChI=1S/C76H65BN2O2S2/c1-73(2,3)44-26-30-54-50(36-44)51-37-45(74(4,5)6)27-31-55(51)78(54)58-40-62-69(71-66(58)48-22-16-18-24-64(48)82-71)77-68-60(80-62)34-43(42-20-14-13-15-21-42)35-61(68)81-63-41-59(67-49-23-17-19-25-65(49)83-72(67)70(63)77)79-56-32-28-46(75(7,8)9)38-52(56)53-39-47(76(10,11)12)29-33-57(53)79/h13-41H,1-12H3. The van der Waals surface area contributed by atoms with Gasteiger partial charge in [0.05, 0.1) is 33.4 Å². The van der Waals surface area contributed by atoms with Gasteiger partial charge in [-0.3, -0.25) is 0 Å². The Morgan fingerprint density at radius 3 is 1.02 bits per heavy atom. The average molecular weight is 1110 g/mol. The lowest BCUT2D eigenvalue weighted by atomic mass is 9.34. The minimum Gasteiger partial charge on any atom is -0.458 e. The third-order valence-electron chi connectivity index (χ3n) is 18.3. The smallest absolute Gasteiger partial charge is 0.264 e. The van der Waals surface area contributed by atoms with E-state index in [-0.39, 0.29) is 28.4 Å². The molecule has 0 radical (unpaired) electrons. The molecule has 0 aliphatic carbocycles. The van der Waals surface area contributed by atoms with E-state index < -0.39 is 0 Å². The summed E-state index contributed by atoms with van der Waals surface area (Å²) >= 11 is 3.79. The van der Waals surface area contributed by atoms with Crippen LogP contribution in [-0.2, 0) is 21.7 Å². The third kappa shape index (κ3) is 7.49. The van der Waals surface area contributed by atoms with Gasteiger partial charge in [-0.1, -0.05) is 174 Å². The molecule has 0 spiro atoms.